The average molecular weight is 269 g/mol. The van der Waals surface area contributed by atoms with E-state index in [1.54, 1.807) is 6.92 Å². The van der Waals surface area contributed by atoms with Gasteiger partial charge in [0.1, 0.15) is 0 Å². The Labute approximate surface area is 118 Å². The minimum atomic E-state index is -0.468. The number of benzene rings is 1. The summed E-state index contributed by atoms with van der Waals surface area (Å²) in [5, 5.41) is 15.7. The minimum Gasteiger partial charge on any atom is -0.387 e. The monoisotopic (exact) mass is 269 g/mol. The summed E-state index contributed by atoms with van der Waals surface area (Å²) in [6, 6.07) is 12.2. The fourth-order valence-corrected chi connectivity index (χ4v) is 2.67. The number of aliphatic hydroxyl groups excluding tert-OH is 1. The Kier molecular flexibility index (Phi) is 3.32. The van der Waals surface area contributed by atoms with Crippen LogP contribution in [0.2, 0.25) is 0 Å². The molecule has 0 fully saturated rings. The fourth-order valence-electron chi connectivity index (χ4n) is 2.67. The van der Waals surface area contributed by atoms with Crippen molar-refractivity contribution in [3.8, 4) is 0 Å². The van der Waals surface area contributed by atoms with Crippen LogP contribution in [0.3, 0.4) is 0 Å². The van der Waals surface area contributed by atoms with Crippen LogP contribution in [0.1, 0.15) is 31.3 Å². The van der Waals surface area contributed by atoms with Crippen LogP contribution in [0.15, 0.2) is 42.6 Å². The molecule has 104 valence electrons. The summed E-state index contributed by atoms with van der Waals surface area (Å²) in [5.74, 6) is 0. The van der Waals surface area contributed by atoms with Crippen molar-refractivity contribution in [1.29, 1.82) is 0 Å². The number of hydrogen-bond acceptors (Lipinski definition) is 2. The molecule has 0 spiro atoms. The first-order chi connectivity index (χ1) is 9.70. The first-order valence-corrected chi connectivity index (χ1v) is 6.98. The highest BCUT2D eigenvalue weighted by molar-refractivity contribution is 5.81. The van der Waals surface area contributed by atoms with Crippen LogP contribution in [-0.2, 0) is 13.1 Å². The van der Waals surface area contributed by atoms with Crippen molar-refractivity contribution in [1.82, 2.24) is 14.3 Å². The minimum absolute atomic E-state index is 0.468. The van der Waals surface area contributed by atoms with Gasteiger partial charge < -0.3 is 9.67 Å². The van der Waals surface area contributed by atoms with Gasteiger partial charge in [0.05, 0.1) is 23.9 Å². The van der Waals surface area contributed by atoms with Crippen LogP contribution < -0.4 is 0 Å². The summed E-state index contributed by atoms with van der Waals surface area (Å²) in [4.78, 5) is 0. The molecule has 0 aliphatic rings. The molecule has 3 rings (SSSR count). The third-order valence-electron chi connectivity index (χ3n) is 3.65. The lowest BCUT2D eigenvalue weighted by Gasteiger charge is -2.10. The Morgan fingerprint density at radius 2 is 2.00 bits per heavy atom. The SMILES string of the molecule is CCn1nc(Cn2cccc2C(C)O)c2ccccc21. The molecule has 1 unspecified atom stereocenters. The first-order valence-electron chi connectivity index (χ1n) is 6.98. The number of aromatic nitrogens is 3. The van der Waals surface area contributed by atoms with Crippen LogP contribution in [0.5, 0.6) is 0 Å². The lowest BCUT2D eigenvalue weighted by Crippen LogP contribution is -2.07. The van der Waals surface area contributed by atoms with Crippen LogP contribution in [0.4, 0.5) is 0 Å². The average Bonchev–Trinajstić information content (AvgIpc) is 3.04. The van der Waals surface area contributed by atoms with Crippen molar-refractivity contribution in [2.75, 3.05) is 0 Å². The molecule has 1 aromatic carbocycles. The molecule has 0 aliphatic heterocycles. The molecule has 4 nitrogen and oxygen atoms in total. The second-order valence-corrected chi connectivity index (χ2v) is 5.02. The second kappa shape index (κ2) is 5.13. The highest BCUT2D eigenvalue weighted by atomic mass is 16.3. The standard InChI is InChI=1S/C16H19N3O/c1-3-19-16-8-5-4-7-13(16)14(17-19)11-18-10-6-9-15(18)12(2)20/h4-10,12,20H,3,11H2,1-2H3. The molecule has 0 bridgehead atoms. The molecule has 2 heterocycles. The van der Waals surface area contributed by atoms with E-state index in [4.69, 9.17) is 5.10 Å². The van der Waals surface area contributed by atoms with Gasteiger partial charge in [0.15, 0.2) is 0 Å². The van der Waals surface area contributed by atoms with Crippen molar-refractivity contribution in [2.24, 2.45) is 0 Å². The van der Waals surface area contributed by atoms with Crippen molar-refractivity contribution in [3.05, 3.63) is 54.0 Å². The Morgan fingerprint density at radius 1 is 1.20 bits per heavy atom. The molecule has 0 amide bonds. The summed E-state index contributed by atoms with van der Waals surface area (Å²) >= 11 is 0. The second-order valence-electron chi connectivity index (χ2n) is 5.02. The lowest BCUT2D eigenvalue weighted by molar-refractivity contribution is 0.189. The van der Waals surface area contributed by atoms with Gasteiger partial charge in [-0.1, -0.05) is 18.2 Å². The quantitative estimate of drug-likeness (QED) is 0.791. The highest BCUT2D eigenvalue weighted by Crippen LogP contribution is 2.21. The van der Waals surface area contributed by atoms with Crippen LogP contribution in [-0.4, -0.2) is 19.5 Å². The highest BCUT2D eigenvalue weighted by Gasteiger charge is 2.12. The van der Waals surface area contributed by atoms with Gasteiger partial charge in [-0.15, -0.1) is 0 Å². The van der Waals surface area contributed by atoms with Crippen molar-refractivity contribution in [3.63, 3.8) is 0 Å². The molecule has 20 heavy (non-hydrogen) atoms. The summed E-state index contributed by atoms with van der Waals surface area (Å²) in [5.41, 5.74) is 3.12. The first kappa shape index (κ1) is 12.9. The normalized spacial score (nSPS) is 12.9. The number of aryl methyl sites for hydroxylation is 1. The Morgan fingerprint density at radius 3 is 2.75 bits per heavy atom. The summed E-state index contributed by atoms with van der Waals surface area (Å²) in [6.07, 6.45) is 1.52. The molecular formula is C16H19N3O. The topological polar surface area (TPSA) is 43.0 Å². The molecule has 0 saturated carbocycles. The molecule has 2 aromatic heterocycles. The lowest BCUT2D eigenvalue weighted by atomic mass is 10.2. The maximum atomic E-state index is 9.79. The number of rotatable bonds is 4. The van der Waals surface area contributed by atoms with Gasteiger partial charge in [-0.2, -0.15) is 5.10 Å². The van der Waals surface area contributed by atoms with E-state index in [9.17, 15) is 5.11 Å². The van der Waals surface area contributed by atoms with Crippen molar-refractivity contribution >= 4 is 10.9 Å². The van der Waals surface area contributed by atoms with Crippen LogP contribution in [0, 0.1) is 0 Å². The van der Waals surface area contributed by atoms with Gasteiger partial charge in [-0.05, 0) is 32.0 Å². The zero-order valence-electron chi connectivity index (χ0n) is 11.8. The molecule has 0 aliphatic carbocycles. The van der Waals surface area contributed by atoms with E-state index in [0.717, 1.165) is 23.4 Å². The summed E-state index contributed by atoms with van der Waals surface area (Å²) < 4.78 is 4.08. The van der Waals surface area contributed by atoms with Gasteiger partial charge in [-0.3, -0.25) is 4.68 Å². The number of nitrogens with zero attached hydrogens (tertiary/aromatic N) is 3. The third-order valence-corrected chi connectivity index (χ3v) is 3.65. The smallest absolute Gasteiger partial charge is 0.0911 e. The number of fused-ring (bicyclic) bond motifs is 1. The molecule has 0 saturated heterocycles. The molecule has 3 aromatic rings. The molecule has 1 atom stereocenters. The predicted molar refractivity (Wildman–Crippen MR) is 79.6 cm³/mol. The Balaban J connectivity index is 2.05. The maximum absolute atomic E-state index is 9.79. The van der Waals surface area contributed by atoms with Crippen LogP contribution >= 0.6 is 0 Å². The van der Waals surface area contributed by atoms with Gasteiger partial charge in [0, 0.05) is 23.8 Å². The Hall–Kier alpha value is -2.07. The maximum Gasteiger partial charge on any atom is 0.0911 e. The van der Waals surface area contributed by atoms with E-state index in [1.165, 1.54) is 5.39 Å². The van der Waals surface area contributed by atoms with E-state index in [0.29, 0.717) is 6.54 Å². The summed E-state index contributed by atoms with van der Waals surface area (Å²) in [7, 11) is 0. The van der Waals surface area contributed by atoms with Gasteiger partial charge in [0.2, 0.25) is 0 Å². The van der Waals surface area contributed by atoms with E-state index in [2.05, 4.69) is 23.6 Å². The predicted octanol–water partition coefficient (Wildman–Crippen LogP) is 2.96. The Bertz CT molecular complexity index is 724. The van der Waals surface area contributed by atoms with E-state index in [1.807, 2.05) is 35.1 Å². The zero-order chi connectivity index (χ0) is 14.1. The number of hydrogen-bond donors (Lipinski definition) is 1. The van der Waals surface area contributed by atoms with Crippen LogP contribution in [0.25, 0.3) is 10.9 Å². The molecular weight excluding hydrogens is 250 g/mol. The van der Waals surface area contributed by atoms with Gasteiger partial charge >= 0.3 is 0 Å². The van der Waals surface area contributed by atoms with E-state index < -0.39 is 6.10 Å². The zero-order valence-corrected chi connectivity index (χ0v) is 11.8. The molecule has 4 heteroatoms. The molecule has 0 radical (unpaired) electrons. The number of aliphatic hydroxyl groups is 1. The van der Waals surface area contributed by atoms with E-state index >= 15 is 0 Å². The fraction of sp³-hybridized carbons (Fsp3) is 0.312. The third kappa shape index (κ3) is 2.12. The van der Waals surface area contributed by atoms with E-state index in [-0.39, 0.29) is 0 Å². The van der Waals surface area contributed by atoms with Gasteiger partial charge in [-0.25, -0.2) is 0 Å². The summed E-state index contributed by atoms with van der Waals surface area (Å²) in [6.45, 7) is 5.42. The number of para-hydroxylation sites is 1. The van der Waals surface area contributed by atoms with Gasteiger partial charge in [0.25, 0.3) is 0 Å². The van der Waals surface area contributed by atoms with Crippen molar-refractivity contribution < 1.29 is 5.11 Å². The molecule has 1 N–H and O–H groups in total. The van der Waals surface area contributed by atoms with Crippen molar-refractivity contribution in [2.45, 2.75) is 33.0 Å². The largest absolute Gasteiger partial charge is 0.387 e.